The minimum atomic E-state index is 0.441. The molecule has 0 fully saturated rings. The largest absolute Gasteiger partial charge is 0.493 e. The van der Waals surface area contributed by atoms with Gasteiger partial charge in [-0.2, -0.15) is 0 Å². The summed E-state index contributed by atoms with van der Waals surface area (Å²) in [6, 6.07) is 13.2. The molecule has 0 aliphatic carbocycles. The van der Waals surface area contributed by atoms with Gasteiger partial charge in [-0.25, -0.2) is 0 Å². The highest BCUT2D eigenvalue weighted by Crippen LogP contribution is 2.39. The molecule has 0 amide bonds. The Hall–Kier alpha value is -1.32. The van der Waals surface area contributed by atoms with Gasteiger partial charge in [0.1, 0.15) is 5.75 Å². The highest BCUT2D eigenvalue weighted by atomic mass is 32.1. The molecule has 3 rings (SSSR count). The van der Waals surface area contributed by atoms with Crippen LogP contribution in [0.3, 0.4) is 0 Å². The zero-order chi connectivity index (χ0) is 13.1. The number of hydrogen-bond donors (Lipinski definition) is 1. The first-order valence-corrected chi connectivity index (χ1v) is 7.69. The fraction of sp³-hybridized carbons (Fsp3) is 0.375. The van der Waals surface area contributed by atoms with Crippen LogP contribution in [0.1, 0.15) is 35.2 Å². The number of fused-ring (bicyclic) bond motifs is 1. The van der Waals surface area contributed by atoms with Crippen LogP contribution in [-0.2, 0) is 0 Å². The maximum atomic E-state index is 5.74. The first-order valence-electron chi connectivity index (χ1n) is 6.81. The Labute approximate surface area is 118 Å². The van der Waals surface area contributed by atoms with Crippen molar-refractivity contribution in [3.05, 3.63) is 52.2 Å². The molecule has 2 heterocycles. The number of benzene rings is 1. The molecule has 2 nitrogen and oxygen atoms in total. The Morgan fingerprint density at radius 3 is 3.00 bits per heavy atom. The lowest BCUT2D eigenvalue weighted by Crippen LogP contribution is -2.22. The molecule has 0 saturated carbocycles. The van der Waals surface area contributed by atoms with Crippen LogP contribution in [0.2, 0.25) is 0 Å². The normalized spacial score (nSPS) is 19.5. The average molecular weight is 273 g/mol. The van der Waals surface area contributed by atoms with E-state index in [-0.39, 0.29) is 0 Å². The second-order valence-corrected chi connectivity index (χ2v) is 5.94. The lowest BCUT2D eigenvalue weighted by Gasteiger charge is -2.28. The molecule has 2 atom stereocenters. The van der Waals surface area contributed by atoms with Gasteiger partial charge in [-0.3, -0.25) is 0 Å². The number of para-hydroxylation sites is 1. The fourth-order valence-corrected chi connectivity index (χ4v) is 3.66. The lowest BCUT2D eigenvalue weighted by molar-refractivity contribution is 0.256. The highest BCUT2D eigenvalue weighted by molar-refractivity contribution is 7.10. The lowest BCUT2D eigenvalue weighted by atomic mass is 9.87. The van der Waals surface area contributed by atoms with Crippen LogP contribution < -0.4 is 10.1 Å². The van der Waals surface area contributed by atoms with Crippen molar-refractivity contribution in [2.45, 2.75) is 24.8 Å². The van der Waals surface area contributed by atoms with Crippen molar-refractivity contribution in [2.75, 3.05) is 13.7 Å². The second kappa shape index (κ2) is 5.76. The van der Waals surface area contributed by atoms with Crippen LogP contribution in [0.4, 0.5) is 0 Å². The zero-order valence-corrected chi connectivity index (χ0v) is 12.0. The third kappa shape index (κ3) is 2.67. The fourth-order valence-electron chi connectivity index (χ4n) is 2.81. The maximum Gasteiger partial charge on any atom is 0.122 e. The van der Waals surface area contributed by atoms with Crippen molar-refractivity contribution in [3.8, 4) is 5.75 Å². The minimum Gasteiger partial charge on any atom is -0.493 e. The summed E-state index contributed by atoms with van der Waals surface area (Å²) in [5, 5.41) is 5.60. The second-order valence-electron chi connectivity index (χ2n) is 4.96. The van der Waals surface area contributed by atoms with Crippen molar-refractivity contribution in [1.29, 1.82) is 0 Å². The predicted molar refractivity (Wildman–Crippen MR) is 80.0 cm³/mol. The summed E-state index contributed by atoms with van der Waals surface area (Å²) >= 11 is 1.83. The molecule has 1 aromatic heterocycles. The van der Waals surface area contributed by atoms with Crippen LogP contribution in [0.25, 0.3) is 0 Å². The van der Waals surface area contributed by atoms with Crippen LogP contribution in [0.5, 0.6) is 5.75 Å². The molecule has 2 unspecified atom stereocenters. The molecule has 0 radical (unpaired) electrons. The first-order chi connectivity index (χ1) is 9.38. The number of hydrogen-bond acceptors (Lipinski definition) is 3. The van der Waals surface area contributed by atoms with Crippen molar-refractivity contribution in [3.63, 3.8) is 0 Å². The molecule has 0 saturated heterocycles. The summed E-state index contributed by atoms with van der Waals surface area (Å²) in [4.78, 5) is 1.42. The summed E-state index contributed by atoms with van der Waals surface area (Å²) in [6.45, 7) is 0.836. The number of rotatable bonds is 4. The van der Waals surface area contributed by atoms with Crippen molar-refractivity contribution in [2.24, 2.45) is 0 Å². The summed E-state index contributed by atoms with van der Waals surface area (Å²) in [6.07, 6.45) is 2.25. The molecular weight excluding hydrogens is 254 g/mol. The smallest absolute Gasteiger partial charge is 0.122 e. The molecular formula is C16H19NOS. The molecule has 0 spiro atoms. The summed E-state index contributed by atoms with van der Waals surface area (Å²) in [5.41, 5.74) is 1.37. The highest BCUT2D eigenvalue weighted by Gasteiger charge is 2.24. The topological polar surface area (TPSA) is 21.3 Å². The van der Waals surface area contributed by atoms with Crippen LogP contribution >= 0.6 is 11.3 Å². The minimum absolute atomic E-state index is 0.441. The van der Waals surface area contributed by atoms with E-state index in [1.165, 1.54) is 10.4 Å². The van der Waals surface area contributed by atoms with Crippen molar-refractivity contribution >= 4 is 11.3 Å². The monoisotopic (exact) mass is 273 g/mol. The summed E-state index contributed by atoms with van der Waals surface area (Å²) in [7, 11) is 2.05. The Morgan fingerprint density at radius 1 is 1.32 bits per heavy atom. The Bertz CT molecular complexity index is 523. The van der Waals surface area contributed by atoms with E-state index in [9.17, 15) is 0 Å². The average Bonchev–Trinajstić information content (AvgIpc) is 2.99. The zero-order valence-electron chi connectivity index (χ0n) is 11.1. The van der Waals surface area contributed by atoms with Gasteiger partial charge in [-0.15, -0.1) is 11.3 Å². The van der Waals surface area contributed by atoms with Gasteiger partial charge in [0, 0.05) is 10.9 Å². The Balaban J connectivity index is 1.80. The van der Waals surface area contributed by atoms with Gasteiger partial charge in [0.15, 0.2) is 0 Å². The molecule has 1 N–H and O–H groups in total. The molecule has 0 bridgehead atoms. The SMILES string of the molecule is CNC(CC1CCOc2ccccc21)c1cccs1. The molecule has 1 aliphatic rings. The van der Waals surface area contributed by atoms with Crippen LogP contribution in [0.15, 0.2) is 41.8 Å². The summed E-state index contributed by atoms with van der Waals surface area (Å²) in [5.74, 6) is 1.66. The molecule has 1 aromatic carbocycles. The van der Waals surface area contributed by atoms with E-state index in [1.54, 1.807) is 0 Å². The van der Waals surface area contributed by atoms with Crippen molar-refractivity contribution in [1.82, 2.24) is 5.32 Å². The Kier molecular flexibility index (Phi) is 3.85. The molecule has 100 valence electrons. The maximum absolute atomic E-state index is 5.74. The van der Waals surface area contributed by atoms with E-state index in [4.69, 9.17) is 4.74 Å². The summed E-state index contributed by atoms with van der Waals surface area (Å²) < 4.78 is 5.74. The quantitative estimate of drug-likeness (QED) is 0.910. The molecule has 19 heavy (non-hydrogen) atoms. The van der Waals surface area contributed by atoms with Crippen LogP contribution in [0, 0.1) is 0 Å². The predicted octanol–water partition coefficient (Wildman–Crippen LogP) is 3.97. The van der Waals surface area contributed by atoms with E-state index in [1.807, 2.05) is 11.3 Å². The molecule has 1 aliphatic heterocycles. The number of nitrogens with one attached hydrogen (secondary N) is 1. The van der Waals surface area contributed by atoms with E-state index < -0.39 is 0 Å². The van der Waals surface area contributed by atoms with Gasteiger partial charge in [0.05, 0.1) is 6.61 Å². The van der Waals surface area contributed by atoms with Gasteiger partial charge >= 0.3 is 0 Å². The Morgan fingerprint density at radius 2 is 2.21 bits per heavy atom. The molecule has 2 aromatic rings. The third-order valence-electron chi connectivity index (χ3n) is 3.84. The van der Waals surface area contributed by atoms with E-state index >= 15 is 0 Å². The van der Waals surface area contributed by atoms with E-state index in [0.29, 0.717) is 12.0 Å². The first kappa shape index (κ1) is 12.7. The number of ether oxygens (including phenoxy) is 1. The number of thiophene rings is 1. The third-order valence-corrected chi connectivity index (χ3v) is 4.82. The van der Waals surface area contributed by atoms with Gasteiger partial charge in [0.25, 0.3) is 0 Å². The van der Waals surface area contributed by atoms with E-state index in [0.717, 1.165) is 25.2 Å². The van der Waals surface area contributed by atoms with Crippen LogP contribution in [-0.4, -0.2) is 13.7 Å². The van der Waals surface area contributed by atoms with Crippen molar-refractivity contribution < 1.29 is 4.74 Å². The standard InChI is InChI=1S/C16H19NOS/c1-17-14(16-7-4-10-19-16)11-12-8-9-18-15-6-3-2-5-13(12)15/h2-7,10,12,14,17H,8-9,11H2,1H3. The van der Waals surface area contributed by atoms with Gasteiger partial charge in [0.2, 0.25) is 0 Å². The molecule has 3 heteroatoms. The van der Waals surface area contributed by atoms with Gasteiger partial charge in [-0.1, -0.05) is 24.3 Å². The van der Waals surface area contributed by atoms with Gasteiger partial charge in [-0.05, 0) is 48.9 Å². The van der Waals surface area contributed by atoms with Gasteiger partial charge < -0.3 is 10.1 Å². The van der Waals surface area contributed by atoms with E-state index in [2.05, 4.69) is 54.1 Å².